The Morgan fingerprint density at radius 3 is 2.16 bits per heavy atom. The summed E-state index contributed by atoms with van der Waals surface area (Å²) in [5, 5.41) is 0. The minimum absolute atomic E-state index is 0.0833. The highest BCUT2D eigenvalue weighted by Crippen LogP contribution is 2.61. The first-order chi connectivity index (χ1) is 8.79. The molecule has 3 nitrogen and oxygen atoms in total. The number of carbonyl (C=O) groups excluding carboxylic acids is 1. The van der Waals surface area contributed by atoms with Crippen molar-refractivity contribution < 1.29 is 14.3 Å². The van der Waals surface area contributed by atoms with Crippen LogP contribution in [-0.4, -0.2) is 24.8 Å². The molecule has 19 heavy (non-hydrogen) atoms. The smallest absolute Gasteiger partial charge is 0.162 e. The van der Waals surface area contributed by atoms with E-state index in [1.54, 1.807) is 6.92 Å². The zero-order valence-electron chi connectivity index (χ0n) is 12.5. The Labute approximate surface area is 115 Å². The van der Waals surface area contributed by atoms with E-state index in [1.165, 1.54) is 11.1 Å². The van der Waals surface area contributed by atoms with E-state index in [0.717, 1.165) is 38.9 Å². The largest absolute Gasteiger partial charge is 0.350 e. The number of Topliss-reactive ketones (excluding diaryl/α,β-unsaturated/α-hetero) is 1. The van der Waals surface area contributed by atoms with Gasteiger partial charge in [-0.2, -0.15) is 0 Å². The summed E-state index contributed by atoms with van der Waals surface area (Å²) < 4.78 is 11.7. The normalized spacial score (nSPS) is 30.7. The highest BCUT2D eigenvalue weighted by molar-refractivity contribution is 5.89. The Bertz CT molecular complexity index is 445. The van der Waals surface area contributed by atoms with Gasteiger partial charge in [-0.3, -0.25) is 4.79 Å². The van der Waals surface area contributed by atoms with E-state index in [4.69, 9.17) is 9.47 Å². The number of hydrogen-bond donors (Lipinski definition) is 0. The van der Waals surface area contributed by atoms with E-state index < -0.39 is 5.79 Å². The first kappa shape index (κ1) is 13.3. The van der Waals surface area contributed by atoms with Gasteiger partial charge in [0, 0.05) is 10.8 Å². The van der Waals surface area contributed by atoms with Gasteiger partial charge in [-0.15, -0.1) is 0 Å². The molecule has 0 radical (unpaired) electrons. The molecule has 1 aliphatic heterocycles. The van der Waals surface area contributed by atoms with Crippen LogP contribution in [0.4, 0.5) is 0 Å². The van der Waals surface area contributed by atoms with Gasteiger partial charge in [0.15, 0.2) is 5.79 Å². The summed E-state index contributed by atoms with van der Waals surface area (Å²) in [5.74, 6) is -0.114. The summed E-state index contributed by atoms with van der Waals surface area (Å²) in [6.07, 6.45) is 4.08. The molecule has 2 fully saturated rings. The van der Waals surface area contributed by atoms with Gasteiger partial charge >= 0.3 is 0 Å². The maximum Gasteiger partial charge on any atom is 0.162 e. The van der Waals surface area contributed by atoms with Gasteiger partial charge in [0.05, 0.1) is 13.2 Å². The van der Waals surface area contributed by atoms with E-state index in [9.17, 15) is 4.79 Å². The molecule has 3 heteroatoms. The van der Waals surface area contributed by atoms with Crippen LogP contribution in [0.15, 0.2) is 11.1 Å². The van der Waals surface area contributed by atoms with Crippen LogP contribution in [0.1, 0.15) is 53.4 Å². The Morgan fingerprint density at radius 1 is 1.11 bits per heavy atom. The predicted molar refractivity (Wildman–Crippen MR) is 72.7 cm³/mol. The standard InChI is InChI=1S/C16H24O3/c1-11-7-15(9-18-14(3,4)19-10-15)8-13(11)16(5-6-16)12(2)17/h5-10H2,1-4H3. The molecule has 0 N–H and O–H groups in total. The highest BCUT2D eigenvalue weighted by atomic mass is 16.7. The van der Waals surface area contributed by atoms with E-state index in [-0.39, 0.29) is 10.8 Å². The van der Waals surface area contributed by atoms with Crippen LogP contribution in [0.5, 0.6) is 0 Å². The average Bonchev–Trinajstić information content (AvgIpc) is 3.06. The van der Waals surface area contributed by atoms with E-state index >= 15 is 0 Å². The van der Waals surface area contributed by atoms with Crippen LogP contribution in [0, 0.1) is 10.8 Å². The van der Waals surface area contributed by atoms with Gasteiger partial charge in [-0.25, -0.2) is 0 Å². The lowest BCUT2D eigenvalue weighted by Crippen LogP contribution is -2.45. The van der Waals surface area contributed by atoms with Crippen LogP contribution < -0.4 is 0 Å². The molecule has 0 aromatic heterocycles. The molecule has 3 rings (SSSR count). The van der Waals surface area contributed by atoms with Crippen molar-refractivity contribution in [2.45, 2.75) is 59.2 Å². The third-order valence-corrected chi connectivity index (χ3v) is 5.16. The molecule has 3 aliphatic rings. The van der Waals surface area contributed by atoms with Crippen LogP contribution in [0.25, 0.3) is 0 Å². The summed E-state index contributed by atoms with van der Waals surface area (Å²) >= 11 is 0. The number of ether oxygens (including phenoxy) is 2. The fourth-order valence-corrected chi connectivity index (χ4v) is 3.77. The third kappa shape index (κ3) is 2.07. The Morgan fingerprint density at radius 2 is 1.68 bits per heavy atom. The number of allylic oxidation sites excluding steroid dienone is 2. The topological polar surface area (TPSA) is 35.5 Å². The lowest BCUT2D eigenvalue weighted by molar-refractivity contribution is -0.283. The fraction of sp³-hybridized carbons (Fsp3) is 0.812. The maximum absolute atomic E-state index is 11.9. The first-order valence-electron chi connectivity index (χ1n) is 7.27. The quantitative estimate of drug-likeness (QED) is 0.718. The number of rotatable bonds is 2. The Balaban J connectivity index is 1.78. The van der Waals surface area contributed by atoms with E-state index in [0.29, 0.717) is 5.78 Å². The van der Waals surface area contributed by atoms with E-state index in [2.05, 4.69) is 6.92 Å². The lowest BCUT2D eigenvalue weighted by atomic mass is 9.81. The second-order valence-corrected chi connectivity index (χ2v) is 7.23. The Kier molecular flexibility index (Phi) is 2.75. The minimum atomic E-state index is -0.459. The van der Waals surface area contributed by atoms with Crippen molar-refractivity contribution in [3.8, 4) is 0 Å². The van der Waals surface area contributed by atoms with Crippen molar-refractivity contribution in [1.29, 1.82) is 0 Å². The van der Waals surface area contributed by atoms with Crippen molar-refractivity contribution in [3.05, 3.63) is 11.1 Å². The van der Waals surface area contributed by atoms with Crippen molar-refractivity contribution in [2.24, 2.45) is 10.8 Å². The first-order valence-corrected chi connectivity index (χ1v) is 7.27. The van der Waals surface area contributed by atoms with Crippen molar-refractivity contribution in [2.75, 3.05) is 13.2 Å². The second kappa shape index (κ2) is 3.92. The van der Waals surface area contributed by atoms with Gasteiger partial charge < -0.3 is 9.47 Å². The molecule has 1 heterocycles. The molecular formula is C16H24O3. The molecule has 0 bridgehead atoms. The minimum Gasteiger partial charge on any atom is -0.350 e. The molecule has 1 spiro atoms. The summed E-state index contributed by atoms with van der Waals surface area (Å²) in [4.78, 5) is 11.9. The monoisotopic (exact) mass is 264 g/mol. The molecule has 0 atom stereocenters. The van der Waals surface area contributed by atoms with Crippen LogP contribution >= 0.6 is 0 Å². The van der Waals surface area contributed by atoms with Gasteiger partial charge in [-0.05, 0) is 53.4 Å². The zero-order chi connectivity index (χ0) is 13.9. The van der Waals surface area contributed by atoms with Crippen LogP contribution in [0.3, 0.4) is 0 Å². The molecule has 1 saturated carbocycles. The van der Waals surface area contributed by atoms with Crippen molar-refractivity contribution >= 4 is 5.78 Å². The molecule has 106 valence electrons. The van der Waals surface area contributed by atoms with Gasteiger partial charge in [0.1, 0.15) is 5.78 Å². The third-order valence-electron chi connectivity index (χ3n) is 5.16. The number of carbonyl (C=O) groups is 1. The summed E-state index contributed by atoms with van der Waals surface area (Å²) in [6, 6.07) is 0. The van der Waals surface area contributed by atoms with Gasteiger partial charge in [0.25, 0.3) is 0 Å². The van der Waals surface area contributed by atoms with Gasteiger partial charge in [-0.1, -0.05) is 11.1 Å². The summed E-state index contributed by atoms with van der Waals surface area (Å²) in [5.41, 5.74) is 2.77. The van der Waals surface area contributed by atoms with E-state index in [1.807, 2.05) is 13.8 Å². The average molecular weight is 264 g/mol. The Hall–Kier alpha value is -0.670. The number of ketones is 1. The number of hydrogen-bond acceptors (Lipinski definition) is 3. The van der Waals surface area contributed by atoms with Crippen molar-refractivity contribution in [1.82, 2.24) is 0 Å². The lowest BCUT2D eigenvalue weighted by Gasteiger charge is -2.42. The molecular weight excluding hydrogens is 240 g/mol. The molecule has 0 amide bonds. The molecule has 2 aliphatic carbocycles. The fourth-order valence-electron chi connectivity index (χ4n) is 3.77. The summed E-state index contributed by atoms with van der Waals surface area (Å²) in [7, 11) is 0. The second-order valence-electron chi connectivity index (χ2n) is 7.23. The molecule has 0 aromatic rings. The predicted octanol–water partition coefficient (Wildman–Crippen LogP) is 3.24. The van der Waals surface area contributed by atoms with Crippen molar-refractivity contribution in [3.63, 3.8) is 0 Å². The highest BCUT2D eigenvalue weighted by Gasteiger charge is 2.56. The SMILES string of the molecule is CC(=O)C1(C2=C(C)CC3(COC(C)(C)OC3)C2)CC1. The summed E-state index contributed by atoms with van der Waals surface area (Å²) in [6.45, 7) is 9.35. The van der Waals surface area contributed by atoms with Crippen LogP contribution in [-0.2, 0) is 14.3 Å². The molecule has 0 unspecified atom stereocenters. The molecule has 0 aromatic carbocycles. The zero-order valence-corrected chi connectivity index (χ0v) is 12.5. The van der Waals surface area contributed by atoms with Crippen LogP contribution in [0.2, 0.25) is 0 Å². The maximum atomic E-state index is 11.9. The van der Waals surface area contributed by atoms with Gasteiger partial charge in [0.2, 0.25) is 0 Å². The molecule has 1 saturated heterocycles.